The van der Waals surface area contributed by atoms with Crippen molar-refractivity contribution < 1.29 is 4.42 Å². The molecule has 0 spiro atoms. The van der Waals surface area contributed by atoms with Crippen molar-refractivity contribution in [1.29, 1.82) is 0 Å². The number of hydrogen-bond donors (Lipinski definition) is 0. The Morgan fingerprint density at radius 1 is 0.269 bits per heavy atom. The summed E-state index contributed by atoms with van der Waals surface area (Å²) in [7, 11) is 0. The highest BCUT2D eigenvalue weighted by molar-refractivity contribution is 6.30. The van der Waals surface area contributed by atoms with Gasteiger partial charge in [0.05, 0.1) is 11.4 Å². The first-order valence-corrected chi connectivity index (χ1v) is 22.9. The van der Waals surface area contributed by atoms with Crippen molar-refractivity contribution >= 4 is 99.2 Å². The summed E-state index contributed by atoms with van der Waals surface area (Å²) >= 11 is 0. The number of anilines is 6. The monoisotopic (exact) mass is 854 g/mol. The molecule has 3 heteroatoms. The molecule has 0 N–H and O–H groups in total. The van der Waals surface area contributed by atoms with Gasteiger partial charge in [-0.3, -0.25) is 0 Å². The van der Waals surface area contributed by atoms with Crippen LogP contribution in [0.4, 0.5) is 34.1 Å². The second-order valence-corrected chi connectivity index (χ2v) is 17.2. The summed E-state index contributed by atoms with van der Waals surface area (Å²) in [6.07, 6.45) is 0. The molecule has 1 aromatic heterocycles. The number of benzene rings is 12. The summed E-state index contributed by atoms with van der Waals surface area (Å²) in [5.74, 6) is 0. The van der Waals surface area contributed by atoms with Crippen molar-refractivity contribution in [1.82, 2.24) is 0 Å². The maximum absolute atomic E-state index is 6.91. The zero-order valence-electron chi connectivity index (χ0n) is 36.6. The summed E-state index contributed by atoms with van der Waals surface area (Å²) in [5, 5.41) is 11.6. The second-order valence-electron chi connectivity index (χ2n) is 17.2. The third-order valence-electron chi connectivity index (χ3n) is 13.4. The normalized spacial score (nSPS) is 11.6. The Morgan fingerprint density at radius 3 is 1.31 bits per heavy atom. The molecule has 0 saturated heterocycles. The molecule has 13 rings (SSSR count). The molecular formula is C64H42N2O. The van der Waals surface area contributed by atoms with Gasteiger partial charge in [0.15, 0.2) is 0 Å². The molecule has 1 heterocycles. The van der Waals surface area contributed by atoms with E-state index < -0.39 is 0 Å². The van der Waals surface area contributed by atoms with Crippen molar-refractivity contribution in [2.45, 2.75) is 0 Å². The summed E-state index contributed by atoms with van der Waals surface area (Å²) in [6, 6.07) is 91.8. The topological polar surface area (TPSA) is 19.6 Å². The molecule has 67 heavy (non-hydrogen) atoms. The maximum Gasteiger partial charge on any atom is 0.138 e. The van der Waals surface area contributed by atoms with Crippen LogP contribution in [0, 0.1) is 0 Å². The number of hydrogen-bond acceptors (Lipinski definition) is 3. The van der Waals surface area contributed by atoms with Gasteiger partial charge in [-0.05, 0) is 104 Å². The van der Waals surface area contributed by atoms with Crippen LogP contribution in [-0.2, 0) is 0 Å². The molecule has 3 nitrogen and oxygen atoms in total. The minimum atomic E-state index is 0.858. The summed E-state index contributed by atoms with van der Waals surface area (Å²) < 4.78 is 6.91. The molecule has 0 aliphatic rings. The SMILES string of the molecule is c1ccc(-c2ccc(N(c3c4ccccc4c(-c4ccc(N(c5ccccc5)c5ccccc5)cc4)c4ccccc34)c3cc4oc5ccc6ccccc6c5c4c4ccccc34)cc2)cc1. The summed E-state index contributed by atoms with van der Waals surface area (Å²) in [4.78, 5) is 4.80. The Balaban J connectivity index is 1.06. The number of fused-ring (bicyclic) bond motifs is 9. The molecule has 0 atom stereocenters. The highest BCUT2D eigenvalue weighted by Gasteiger charge is 2.26. The van der Waals surface area contributed by atoms with E-state index in [1.54, 1.807) is 0 Å². The first-order chi connectivity index (χ1) is 33.3. The summed E-state index contributed by atoms with van der Waals surface area (Å²) in [5.41, 5.74) is 13.0. The van der Waals surface area contributed by atoms with Crippen LogP contribution in [0.25, 0.3) is 87.3 Å². The Morgan fingerprint density at radius 2 is 0.701 bits per heavy atom. The van der Waals surface area contributed by atoms with Gasteiger partial charge >= 0.3 is 0 Å². The van der Waals surface area contributed by atoms with Gasteiger partial charge < -0.3 is 14.2 Å². The molecular weight excluding hydrogens is 813 g/mol. The van der Waals surface area contributed by atoms with Gasteiger partial charge in [0.2, 0.25) is 0 Å². The zero-order chi connectivity index (χ0) is 44.3. The van der Waals surface area contributed by atoms with Crippen molar-refractivity contribution in [3.05, 3.63) is 255 Å². The number of rotatable bonds is 8. The molecule has 0 bridgehead atoms. The van der Waals surface area contributed by atoms with E-state index in [4.69, 9.17) is 4.42 Å². The molecule has 0 aliphatic heterocycles. The van der Waals surface area contributed by atoms with E-state index in [2.05, 4.69) is 265 Å². The lowest BCUT2D eigenvalue weighted by Gasteiger charge is -2.31. The largest absolute Gasteiger partial charge is 0.456 e. The molecule has 0 unspecified atom stereocenters. The number of furan rings is 1. The fraction of sp³-hybridized carbons (Fsp3) is 0. The molecule has 0 radical (unpaired) electrons. The smallest absolute Gasteiger partial charge is 0.138 e. The van der Waals surface area contributed by atoms with Crippen LogP contribution < -0.4 is 9.80 Å². The van der Waals surface area contributed by atoms with Gasteiger partial charge in [-0.25, -0.2) is 0 Å². The molecule has 314 valence electrons. The minimum Gasteiger partial charge on any atom is -0.456 e. The second kappa shape index (κ2) is 16.0. The molecule has 0 saturated carbocycles. The highest BCUT2D eigenvalue weighted by Crippen LogP contribution is 2.52. The van der Waals surface area contributed by atoms with E-state index in [9.17, 15) is 0 Å². The highest BCUT2D eigenvalue weighted by atomic mass is 16.3. The number of para-hydroxylation sites is 2. The van der Waals surface area contributed by atoms with E-state index in [0.717, 1.165) is 83.2 Å². The lowest BCUT2D eigenvalue weighted by Crippen LogP contribution is -2.12. The van der Waals surface area contributed by atoms with Gasteiger partial charge in [-0.15, -0.1) is 0 Å². The first-order valence-electron chi connectivity index (χ1n) is 22.9. The predicted molar refractivity (Wildman–Crippen MR) is 284 cm³/mol. The predicted octanol–water partition coefficient (Wildman–Crippen LogP) is 18.5. The number of nitrogens with zero attached hydrogens (tertiary/aromatic N) is 2. The lowest BCUT2D eigenvalue weighted by molar-refractivity contribution is 0.669. The Bertz CT molecular complexity index is 3860. The fourth-order valence-electron chi connectivity index (χ4n) is 10.4. The van der Waals surface area contributed by atoms with Crippen LogP contribution in [0.1, 0.15) is 0 Å². The average Bonchev–Trinajstić information content (AvgIpc) is 3.79. The molecule has 0 amide bonds. The molecule has 13 aromatic rings. The van der Waals surface area contributed by atoms with E-state index in [1.165, 1.54) is 38.2 Å². The van der Waals surface area contributed by atoms with Crippen LogP contribution in [0.3, 0.4) is 0 Å². The van der Waals surface area contributed by atoms with E-state index in [-0.39, 0.29) is 0 Å². The van der Waals surface area contributed by atoms with Crippen LogP contribution in [0.5, 0.6) is 0 Å². The zero-order valence-corrected chi connectivity index (χ0v) is 36.6. The van der Waals surface area contributed by atoms with Crippen LogP contribution in [-0.4, -0.2) is 0 Å². The van der Waals surface area contributed by atoms with Crippen LogP contribution in [0.2, 0.25) is 0 Å². The van der Waals surface area contributed by atoms with Gasteiger partial charge in [0.25, 0.3) is 0 Å². The fourth-order valence-corrected chi connectivity index (χ4v) is 10.4. The Kier molecular flexibility index (Phi) is 9.17. The molecule has 12 aromatic carbocycles. The first kappa shape index (κ1) is 38.5. The van der Waals surface area contributed by atoms with E-state index in [0.29, 0.717) is 0 Å². The van der Waals surface area contributed by atoms with E-state index >= 15 is 0 Å². The third kappa shape index (κ3) is 6.43. The van der Waals surface area contributed by atoms with Crippen molar-refractivity contribution in [3.8, 4) is 22.3 Å². The van der Waals surface area contributed by atoms with Crippen molar-refractivity contribution in [3.63, 3.8) is 0 Å². The quantitative estimate of drug-likeness (QED) is 0.142. The van der Waals surface area contributed by atoms with Crippen molar-refractivity contribution in [2.24, 2.45) is 0 Å². The summed E-state index contributed by atoms with van der Waals surface area (Å²) in [6.45, 7) is 0. The third-order valence-corrected chi connectivity index (χ3v) is 13.4. The van der Waals surface area contributed by atoms with Gasteiger partial charge in [-0.2, -0.15) is 0 Å². The maximum atomic E-state index is 6.91. The van der Waals surface area contributed by atoms with Gasteiger partial charge in [0.1, 0.15) is 11.2 Å². The van der Waals surface area contributed by atoms with Crippen LogP contribution >= 0.6 is 0 Å². The standard InChI is InChI=1S/C64H42N2O/c1-4-18-43(19-5-1)44-32-37-50(38-33-44)66(58-42-60-63(53-27-13-12-26-52(53)58)62-51-25-11-10-20-45(51)36-41-59(62)67-60)64-56-30-16-14-28-54(56)61(55-29-15-17-31-57(55)64)46-34-39-49(40-35-46)65(47-21-6-2-7-22-47)48-23-8-3-9-24-48/h1-42H. The Labute approximate surface area is 388 Å². The van der Waals surface area contributed by atoms with E-state index in [1.807, 2.05) is 0 Å². The average molecular weight is 855 g/mol. The molecule has 0 aliphatic carbocycles. The molecule has 0 fully saturated rings. The van der Waals surface area contributed by atoms with Crippen molar-refractivity contribution in [2.75, 3.05) is 9.80 Å². The Hall–Kier alpha value is -8.92. The van der Waals surface area contributed by atoms with Crippen LogP contribution in [0.15, 0.2) is 259 Å². The lowest BCUT2D eigenvalue weighted by atomic mass is 9.89. The van der Waals surface area contributed by atoms with Gasteiger partial charge in [0, 0.05) is 55.7 Å². The minimum absolute atomic E-state index is 0.858. The van der Waals surface area contributed by atoms with Gasteiger partial charge in [-0.1, -0.05) is 194 Å².